The van der Waals surface area contributed by atoms with Crippen molar-refractivity contribution in [3.63, 3.8) is 0 Å². The van der Waals surface area contributed by atoms with Gasteiger partial charge in [0.15, 0.2) is 11.5 Å². The summed E-state index contributed by atoms with van der Waals surface area (Å²) in [4.78, 5) is 8.98. The van der Waals surface area contributed by atoms with Crippen LogP contribution in [-0.2, 0) is 13.0 Å². The van der Waals surface area contributed by atoms with Crippen LogP contribution in [0.1, 0.15) is 30.5 Å². The molecule has 3 heterocycles. The number of nitrogens with one attached hydrogen (secondary N) is 1. The molecule has 1 aliphatic carbocycles. The summed E-state index contributed by atoms with van der Waals surface area (Å²) in [6.45, 7) is 3.21. The molecular formula is C23H27N3O2S2. The van der Waals surface area contributed by atoms with Crippen LogP contribution < -0.4 is 20.0 Å². The molecule has 2 aliphatic heterocycles. The Kier molecular flexibility index (Phi) is 6.69. The second-order valence-corrected chi connectivity index (χ2v) is 8.33. The van der Waals surface area contributed by atoms with Crippen LogP contribution in [0.4, 0.5) is 0 Å². The van der Waals surface area contributed by atoms with E-state index < -0.39 is 0 Å². The van der Waals surface area contributed by atoms with E-state index in [0.29, 0.717) is 6.79 Å². The highest BCUT2D eigenvalue weighted by Gasteiger charge is 2.21. The number of hydrogen-bond donors (Lipinski definition) is 1. The Morgan fingerprint density at radius 1 is 1.20 bits per heavy atom. The summed E-state index contributed by atoms with van der Waals surface area (Å²) >= 11 is 10.5. The summed E-state index contributed by atoms with van der Waals surface area (Å²) in [6, 6.07) is 7.63. The molecule has 5 nitrogen and oxygen atoms in total. The number of aromatic nitrogens is 1. The predicted octanol–water partition coefficient (Wildman–Crippen LogP) is 2.75. The smallest absolute Gasteiger partial charge is 0.231 e. The van der Waals surface area contributed by atoms with Crippen molar-refractivity contribution in [1.82, 2.24) is 14.8 Å². The van der Waals surface area contributed by atoms with Gasteiger partial charge in [-0.25, -0.2) is 0 Å². The highest BCUT2D eigenvalue weighted by Crippen LogP contribution is 2.30. The SMILES string of the molecule is CN(C=S)CCC(=S)N1CCc2c([nH]c3c2=CCCC=3)C1.c1ccc2c(c1)OCO2. The lowest BCUT2D eigenvalue weighted by atomic mass is 10.0. The van der Waals surface area contributed by atoms with Gasteiger partial charge in [0.1, 0.15) is 0 Å². The zero-order chi connectivity index (χ0) is 20.9. The molecule has 1 aromatic carbocycles. The van der Waals surface area contributed by atoms with E-state index in [0.717, 1.165) is 55.4 Å². The molecule has 158 valence electrons. The van der Waals surface area contributed by atoms with Crippen molar-refractivity contribution < 1.29 is 9.47 Å². The molecule has 30 heavy (non-hydrogen) atoms. The summed E-state index contributed by atoms with van der Waals surface area (Å²) in [5.41, 5.74) is 4.55. The molecule has 0 bridgehead atoms. The van der Waals surface area contributed by atoms with E-state index in [1.54, 1.807) is 5.49 Å². The van der Waals surface area contributed by atoms with E-state index in [1.807, 2.05) is 36.2 Å². The van der Waals surface area contributed by atoms with E-state index in [9.17, 15) is 0 Å². The van der Waals surface area contributed by atoms with Gasteiger partial charge in [-0.05, 0) is 42.2 Å². The molecule has 1 aromatic heterocycles. The van der Waals surface area contributed by atoms with Crippen LogP contribution in [0.15, 0.2) is 24.3 Å². The summed E-state index contributed by atoms with van der Waals surface area (Å²) in [5, 5.41) is 2.77. The highest BCUT2D eigenvalue weighted by atomic mass is 32.1. The molecule has 0 saturated heterocycles. The lowest BCUT2D eigenvalue weighted by molar-refractivity contribution is 0.174. The monoisotopic (exact) mass is 441 g/mol. The first kappa shape index (κ1) is 20.9. The van der Waals surface area contributed by atoms with Gasteiger partial charge >= 0.3 is 0 Å². The summed E-state index contributed by atoms with van der Waals surface area (Å²) in [7, 11) is 1.99. The van der Waals surface area contributed by atoms with Gasteiger partial charge < -0.3 is 24.3 Å². The molecule has 5 rings (SSSR count). The van der Waals surface area contributed by atoms with Crippen molar-refractivity contribution in [2.24, 2.45) is 0 Å². The minimum atomic E-state index is 0.360. The predicted molar refractivity (Wildman–Crippen MR) is 128 cm³/mol. The number of aromatic amines is 1. The maximum atomic E-state index is 5.60. The van der Waals surface area contributed by atoms with E-state index in [2.05, 4.69) is 22.0 Å². The molecule has 7 heteroatoms. The zero-order valence-electron chi connectivity index (χ0n) is 17.2. The van der Waals surface area contributed by atoms with Gasteiger partial charge in [-0.1, -0.05) is 48.7 Å². The molecule has 3 aliphatic rings. The van der Waals surface area contributed by atoms with E-state index in [4.69, 9.17) is 33.9 Å². The van der Waals surface area contributed by atoms with Crippen molar-refractivity contribution in [1.29, 1.82) is 0 Å². The Hall–Kier alpha value is -2.38. The number of rotatable bonds is 4. The normalized spacial score (nSPS) is 15.6. The standard InChI is InChI=1S/C16H21N3S2.C7H6O2/c1-18(11-20)8-7-16(21)19-9-6-13-12-4-2-3-5-14(12)17-15(13)10-19;1-2-4-7-6(3-1)8-5-9-7/h4-5,11,17H,2-3,6-10H2,1H3;1-4H,5H2. The first-order valence-corrected chi connectivity index (χ1v) is 11.2. The van der Waals surface area contributed by atoms with E-state index in [-0.39, 0.29) is 0 Å². The van der Waals surface area contributed by atoms with Gasteiger partial charge in [-0.3, -0.25) is 0 Å². The largest absolute Gasteiger partial charge is 0.454 e. The number of ether oxygens (including phenoxy) is 2. The van der Waals surface area contributed by atoms with Gasteiger partial charge in [-0.2, -0.15) is 0 Å². The Balaban J connectivity index is 0.000000200. The van der Waals surface area contributed by atoms with Gasteiger partial charge in [0.2, 0.25) is 6.79 Å². The third-order valence-electron chi connectivity index (χ3n) is 5.60. The molecule has 0 atom stereocenters. The van der Waals surface area contributed by atoms with Crippen LogP contribution in [0, 0.1) is 0 Å². The molecule has 0 fully saturated rings. The van der Waals surface area contributed by atoms with Crippen molar-refractivity contribution in [3.05, 3.63) is 46.1 Å². The Morgan fingerprint density at radius 3 is 2.67 bits per heavy atom. The summed E-state index contributed by atoms with van der Waals surface area (Å²) < 4.78 is 10.2. The first-order valence-electron chi connectivity index (χ1n) is 10.3. The van der Waals surface area contributed by atoms with Crippen LogP contribution in [-0.4, -0.2) is 52.2 Å². The second-order valence-electron chi connectivity index (χ2n) is 7.65. The van der Waals surface area contributed by atoms with Crippen molar-refractivity contribution in [3.8, 4) is 11.5 Å². The Bertz CT molecular complexity index is 1020. The second kappa shape index (κ2) is 9.62. The number of benzene rings is 1. The van der Waals surface area contributed by atoms with Crippen LogP contribution in [0.25, 0.3) is 12.2 Å². The fourth-order valence-corrected chi connectivity index (χ4v) is 4.31. The van der Waals surface area contributed by atoms with Crippen molar-refractivity contribution in [2.45, 2.75) is 32.2 Å². The van der Waals surface area contributed by atoms with Gasteiger partial charge in [0.25, 0.3) is 0 Å². The number of fused-ring (bicyclic) bond motifs is 4. The van der Waals surface area contributed by atoms with Crippen LogP contribution in [0.3, 0.4) is 0 Å². The number of para-hydroxylation sites is 2. The lowest BCUT2D eigenvalue weighted by Crippen LogP contribution is -2.37. The first-order chi connectivity index (χ1) is 14.7. The van der Waals surface area contributed by atoms with Gasteiger partial charge in [0.05, 0.1) is 17.0 Å². The number of hydrogen-bond acceptors (Lipinski definition) is 4. The molecule has 1 N–H and O–H groups in total. The van der Waals surface area contributed by atoms with Gasteiger partial charge in [0, 0.05) is 37.6 Å². The van der Waals surface area contributed by atoms with Crippen molar-refractivity contribution >= 4 is 47.1 Å². The minimum Gasteiger partial charge on any atom is -0.454 e. The van der Waals surface area contributed by atoms with E-state index in [1.165, 1.54) is 28.2 Å². The quantitative estimate of drug-likeness (QED) is 0.736. The summed E-state index contributed by atoms with van der Waals surface area (Å²) in [6.07, 6.45) is 9.01. The third kappa shape index (κ3) is 4.68. The lowest BCUT2D eigenvalue weighted by Gasteiger charge is -2.30. The van der Waals surface area contributed by atoms with Crippen molar-refractivity contribution in [2.75, 3.05) is 26.9 Å². The molecule has 0 radical (unpaired) electrons. The maximum absolute atomic E-state index is 5.60. The van der Waals surface area contributed by atoms with Crippen LogP contribution in [0.2, 0.25) is 0 Å². The molecule has 0 saturated carbocycles. The number of nitrogens with zero attached hydrogens (tertiary/aromatic N) is 2. The van der Waals surface area contributed by atoms with Crippen LogP contribution >= 0.6 is 24.4 Å². The average molecular weight is 442 g/mol. The van der Waals surface area contributed by atoms with Gasteiger partial charge in [-0.15, -0.1) is 0 Å². The average Bonchev–Trinajstić information content (AvgIpc) is 3.41. The fraction of sp³-hybridized carbons (Fsp3) is 0.391. The number of H-pyrrole nitrogens is 1. The number of thiocarbonyl (C=S) groups is 2. The zero-order valence-corrected chi connectivity index (χ0v) is 18.9. The molecule has 0 unspecified atom stereocenters. The van der Waals surface area contributed by atoms with Crippen LogP contribution in [0.5, 0.6) is 11.5 Å². The summed E-state index contributed by atoms with van der Waals surface area (Å²) in [5.74, 6) is 1.69. The third-order valence-corrected chi connectivity index (χ3v) is 6.42. The minimum absolute atomic E-state index is 0.360. The Labute approximate surface area is 188 Å². The molecule has 0 amide bonds. The topological polar surface area (TPSA) is 40.7 Å². The van der Waals surface area contributed by atoms with E-state index >= 15 is 0 Å². The fourth-order valence-electron chi connectivity index (χ4n) is 3.96. The Morgan fingerprint density at radius 2 is 1.93 bits per heavy atom. The molecule has 0 spiro atoms. The molecule has 2 aromatic rings. The highest BCUT2D eigenvalue weighted by molar-refractivity contribution is 7.80. The maximum Gasteiger partial charge on any atom is 0.231 e. The molecular weight excluding hydrogens is 414 g/mol.